The average molecular weight is 315 g/mol. The summed E-state index contributed by atoms with van der Waals surface area (Å²) in [6.45, 7) is 0.619. The van der Waals surface area contributed by atoms with Gasteiger partial charge in [-0.15, -0.1) is 0 Å². The van der Waals surface area contributed by atoms with Crippen molar-refractivity contribution in [1.82, 2.24) is 5.32 Å². The molecule has 5 nitrogen and oxygen atoms in total. The Balaban J connectivity index is 1.80. The Morgan fingerprint density at radius 2 is 2.09 bits per heavy atom. The molecule has 0 bridgehead atoms. The lowest BCUT2D eigenvalue weighted by atomic mass is 9.89. The third-order valence-corrected chi connectivity index (χ3v) is 4.46. The Labute approximate surface area is 134 Å². The molecule has 1 aliphatic carbocycles. The molecule has 0 aliphatic heterocycles. The van der Waals surface area contributed by atoms with Gasteiger partial charge in [0.15, 0.2) is 11.3 Å². The van der Waals surface area contributed by atoms with Crippen LogP contribution in [-0.4, -0.2) is 19.6 Å². The molecule has 1 amide bonds. The first kappa shape index (κ1) is 15.6. The summed E-state index contributed by atoms with van der Waals surface area (Å²) in [5.41, 5.74) is -0.228. The summed E-state index contributed by atoms with van der Waals surface area (Å²) in [5, 5.41) is 3.55. The summed E-state index contributed by atoms with van der Waals surface area (Å²) in [4.78, 5) is 24.4. The van der Waals surface area contributed by atoms with Crippen molar-refractivity contribution in [1.29, 1.82) is 0 Å². The van der Waals surface area contributed by atoms with Gasteiger partial charge >= 0.3 is 5.63 Å². The molecule has 2 aromatic rings. The highest BCUT2D eigenvalue weighted by Crippen LogP contribution is 2.25. The zero-order valence-corrected chi connectivity index (χ0v) is 13.3. The predicted octanol–water partition coefficient (Wildman–Crippen LogP) is 3.11. The minimum absolute atomic E-state index is 0.0431. The van der Waals surface area contributed by atoms with Crippen LogP contribution in [0.3, 0.4) is 0 Å². The van der Waals surface area contributed by atoms with Crippen LogP contribution in [0.25, 0.3) is 11.0 Å². The van der Waals surface area contributed by atoms with E-state index < -0.39 is 5.63 Å². The maximum atomic E-state index is 12.3. The van der Waals surface area contributed by atoms with E-state index in [0.717, 1.165) is 12.8 Å². The van der Waals surface area contributed by atoms with Crippen molar-refractivity contribution < 1.29 is 13.9 Å². The average Bonchev–Trinajstić information content (AvgIpc) is 2.59. The van der Waals surface area contributed by atoms with Crippen LogP contribution >= 0.6 is 0 Å². The van der Waals surface area contributed by atoms with E-state index in [-0.39, 0.29) is 11.5 Å². The molecule has 0 spiro atoms. The van der Waals surface area contributed by atoms with Gasteiger partial charge in [0.1, 0.15) is 5.56 Å². The standard InChI is InChI=1S/C18H21NO4/c1-22-15-9-5-8-13-10-14(18(21)23-16(13)15)17(20)19-11-12-6-3-2-4-7-12/h5,8-10,12H,2-4,6-7,11H2,1H3,(H,19,20). The summed E-state index contributed by atoms with van der Waals surface area (Å²) in [7, 11) is 1.51. The number of carbonyl (C=O) groups is 1. The van der Waals surface area contributed by atoms with Crippen LogP contribution in [0.2, 0.25) is 0 Å². The van der Waals surface area contributed by atoms with Gasteiger partial charge in [0.25, 0.3) is 5.91 Å². The molecule has 3 rings (SSSR count). The molecule has 1 aromatic carbocycles. The second-order valence-electron chi connectivity index (χ2n) is 6.04. The third kappa shape index (κ3) is 3.38. The number of hydrogen-bond acceptors (Lipinski definition) is 4. The number of amides is 1. The van der Waals surface area contributed by atoms with Crippen LogP contribution < -0.4 is 15.7 Å². The van der Waals surface area contributed by atoms with Crippen molar-refractivity contribution >= 4 is 16.9 Å². The van der Waals surface area contributed by atoms with Crippen LogP contribution in [-0.2, 0) is 0 Å². The lowest BCUT2D eigenvalue weighted by Crippen LogP contribution is -2.33. The zero-order valence-electron chi connectivity index (χ0n) is 13.3. The number of carbonyl (C=O) groups excluding carboxylic acids is 1. The molecule has 1 N–H and O–H groups in total. The first-order valence-corrected chi connectivity index (χ1v) is 8.08. The number of methoxy groups -OCH3 is 1. The van der Waals surface area contributed by atoms with Gasteiger partial charge in [-0.05, 0) is 30.9 Å². The van der Waals surface area contributed by atoms with E-state index in [2.05, 4.69) is 5.32 Å². The quantitative estimate of drug-likeness (QED) is 0.880. The normalized spacial score (nSPS) is 15.5. The summed E-state index contributed by atoms with van der Waals surface area (Å²) in [6.07, 6.45) is 6.01. The highest BCUT2D eigenvalue weighted by Gasteiger charge is 2.18. The van der Waals surface area contributed by atoms with E-state index in [9.17, 15) is 9.59 Å². The van der Waals surface area contributed by atoms with Crippen LogP contribution in [0.1, 0.15) is 42.5 Å². The molecule has 23 heavy (non-hydrogen) atoms. The zero-order chi connectivity index (χ0) is 16.2. The Hall–Kier alpha value is -2.30. The summed E-state index contributed by atoms with van der Waals surface area (Å²) in [5.74, 6) is 0.628. The molecular weight excluding hydrogens is 294 g/mol. The van der Waals surface area contributed by atoms with Crippen molar-refractivity contribution in [3.63, 3.8) is 0 Å². The molecule has 0 atom stereocenters. The van der Waals surface area contributed by atoms with Crippen LogP contribution in [0.15, 0.2) is 33.5 Å². The molecule has 0 unspecified atom stereocenters. The lowest BCUT2D eigenvalue weighted by Gasteiger charge is -2.21. The van der Waals surface area contributed by atoms with Gasteiger partial charge in [-0.1, -0.05) is 31.4 Å². The van der Waals surface area contributed by atoms with Crippen LogP contribution in [0.5, 0.6) is 5.75 Å². The van der Waals surface area contributed by atoms with E-state index in [0.29, 0.717) is 29.2 Å². The van der Waals surface area contributed by atoms with Crippen molar-refractivity contribution in [3.05, 3.63) is 40.2 Å². The van der Waals surface area contributed by atoms with Gasteiger partial charge in [-0.3, -0.25) is 4.79 Å². The van der Waals surface area contributed by atoms with Crippen molar-refractivity contribution in [2.24, 2.45) is 5.92 Å². The Morgan fingerprint density at radius 3 is 2.83 bits per heavy atom. The van der Waals surface area contributed by atoms with E-state index in [1.807, 2.05) is 0 Å². The molecule has 122 valence electrons. The first-order valence-electron chi connectivity index (χ1n) is 8.08. The SMILES string of the molecule is COc1cccc2cc(C(=O)NCC3CCCCC3)c(=O)oc12. The monoisotopic (exact) mass is 315 g/mol. The Morgan fingerprint density at radius 1 is 1.30 bits per heavy atom. The molecular formula is C18H21NO4. The highest BCUT2D eigenvalue weighted by atomic mass is 16.5. The van der Waals surface area contributed by atoms with E-state index in [1.54, 1.807) is 24.3 Å². The van der Waals surface area contributed by atoms with Crippen molar-refractivity contribution in [2.45, 2.75) is 32.1 Å². The highest BCUT2D eigenvalue weighted by molar-refractivity contribution is 5.97. The molecule has 1 saturated carbocycles. The molecule has 1 heterocycles. The molecule has 0 saturated heterocycles. The molecule has 1 fully saturated rings. The van der Waals surface area contributed by atoms with Gasteiger partial charge in [-0.25, -0.2) is 4.79 Å². The van der Waals surface area contributed by atoms with Gasteiger partial charge in [0.2, 0.25) is 0 Å². The first-order chi connectivity index (χ1) is 11.2. The molecule has 1 aromatic heterocycles. The van der Waals surface area contributed by atoms with Crippen molar-refractivity contribution in [2.75, 3.05) is 13.7 Å². The number of rotatable bonds is 4. The number of nitrogens with one attached hydrogen (secondary N) is 1. The van der Waals surface area contributed by atoms with Crippen LogP contribution in [0.4, 0.5) is 0 Å². The maximum absolute atomic E-state index is 12.3. The van der Waals surface area contributed by atoms with Crippen LogP contribution in [0, 0.1) is 5.92 Å². The number of fused-ring (bicyclic) bond motifs is 1. The topological polar surface area (TPSA) is 68.5 Å². The maximum Gasteiger partial charge on any atom is 0.349 e. The number of benzene rings is 1. The fourth-order valence-corrected chi connectivity index (χ4v) is 3.16. The summed E-state index contributed by atoms with van der Waals surface area (Å²) < 4.78 is 10.5. The van der Waals surface area contributed by atoms with Gasteiger partial charge in [0, 0.05) is 11.9 Å². The Kier molecular flexibility index (Phi) is 4.65. The minimum Gasteiger partial charge on any atom is -0.493 e. The van der Waals surface area contributed by atoms with Gasteiger partial charge in [0.05, 0.1) is 7.11 Å². The lowest BCUT2D eigenvalue weighted by molar-refractivity contribution is 0.0940. The second kappa shape index (κ2) is 6.86. The number of hydrogen-bond donors (Lipinski definition) is 1. The largest absolute Gasteiger partial charge is 0.493 e. The van der Waals surface area contributed by atoms with E-state index in [1.165, 1.54) is 26.4 Å². The number of ether oxygens (including phenoxy) is 1. The second-order valence-corrected chi connectivity index (χ2v) is 6.04. The fraction of sp³-hybridized carbons (Fsp3) is 0.444. The smallest absolute Gasteiger partial charge is 0.349 e. The van der Waals surface area contributed by atoms with Crippen molar-refractivity contribution in [3.8, 4) is 5.75 Å². The third-order valence-electron chi connectivity index (χ3n) is 4.46. The van der Waals surface area contributed by atoms with Gasteiger partial charge in [-0.2, -0.15) is 0 Å². The molecule has 1 aliphatic rings. The van der Waals surface area contributed by atoms with E-state index >= 15 is 0 Å². The van der Waals surface area contributed by atoms with E-state index in [4.69, 9.17) is 9.15 Å². The predicted molar refractivity (Wildman–Crippen MR) is 87.9 cm³/mol. The summed E-state index contributed by atoms with van der Waals surface area (Å²) in [6, 6.07) is 6.87. The molecule has 5 heteroatoms. The summed E-state index contributed by atoms with van der Waals surface area (Å²) >= 11 is 0. The van der Waals surface area contributed by atoms with Gasteiger partial charge < -0.3 is 14.5 Å². The minimum atomic E-state index is -0.636. The number of para-hydroxylation sites is 1. The Bertz CT molecular complexity index is 759. The molecule has 0 radical (unpaired) electrons. The fourth-order valence-electron chi connectivity index (χ4n) is 3.16.